The van der Waals surface area contributed by atoms with E-state index in [0.717, 1.165) is 25.9 Å². The third kappa shape index (κ3) is 3.90. The van der Waals surface area contributed by atoms with Gasteiger partial charge in [0.15, 0.2) is 9.84 Å². The Morgan fingerprint density at radius 3 is 2.28 bits per heavy atom. The molecule has 0 radical (unpaired) electrons. The van der Waals surface area contributed by atoms with E-state index in [1.54, 1.807) is 13.8 Å². The maximum Gasteiger partial charge on any atom is 0.153 e. The van der Waals surface area contributed by atoms with E-state index in [9.17, 15) is 8.42 Å². The molecule has 18 heavy (non-hydrogen) atoms. The normalized spacial score (nSPS) is 21.1. The summed E-state index contributed by atoms with van der Waals surface area (Å²) in [6, 6.07) is 0. The molecule has 1 saturated heterocycles. The predicted molar refractivity (Wildman–Crippen MR) is 79.5 cm³/mol. The number of nitrogens with zero attached hydrogens (tertiary/aromatic N) is 1. The Balaban J connectivity index is 2.44. The molecule has 0 aromatic carbocycles. The second-order valence-corrected chi connectivity index (χ2v) is 8.80. The maximum absolute atomic E-state index is 11.7. The second kappa shape index (κ2) is 5.84. The monoisotopic (exact) mass is 292 g/mol. The van der Waals surface area contributed by atoms with Gasteiger partial charge in [0.25, 0.3) is 0 Å². The molecule has 1 heterocycles. The van der Waals surface area contributed by atoms with E-state index in [4.69, 9.17) is 18.0 Å². The summed E-state index contributed by atoms with van der Waals surface area (Å²) in [4.78, 5) is 2.77. The largest absolute Gasteiger partial charge is 0.393 e. The fourth-order valence-electron chi connectivity index (χ4n) is 2.01. The van der Waals surface area contributed by atoms with E-state index in [2.05, 4.69) is 11.8 Å². The van der Waals surface area contributed by atoms with Crippen molar-refractivity contribution in [3.8, 4) is 0 Å². The molecule has 0 bridgehead atoms. The minimum Gasteiger partial charge on any atom is -0.393 e. The molecule has 1 rings (SSSR count). The van der Waals surface area contributed by atoms with Gasteiger partial charge in [-0.3, -0.25) is 0 Å². The van der Waals surface area contributed by atoms with Crippen molar-refractivity contribution in [2.45, 2.75) is 38.9 Å². The Kier molecular flexibility index (Phi) is 5.14. The Hall–Kier alpha value is -0.200. The summed E-state index contributed by atoms with van der Waals surface area (Å²) >= 11 is 5.09. The molecule has 0 aromatic heterocycles. The molecular formula is C12H24N2O2S2. The fraction of sp³-hybridized carbons (Fsp3) is 0.917. The molecule has 1 fully saturated rings. The van der Waals surface area contributed by atoms with Crippen molar-refractivity contribution in [1.82, 2.24) is 4.90 Å². The minimum absolute atomic E-state index is 0.0528. The molecule has 0 aromatic rings. The van der Waals surface area contributed by atoms with Gasteiger partial charge in [-0.05, 0) is 39.8 Å². The summed E-state index contributed by atoms with van der Waals surface area (Å²) < 4.78 is 23.5. The van der Waals surface area contributed by atoms with E-state index >= 15 is 0 Å². The third-order valence-corrected chi connectivity index (χ3v) is 6.65. The minimum atomic E-state index is -2.93. The van der Waals surface area contributed by atoms with Crippen LogP contribution in [0.15, 0.2) is 0 Å². The van der Waals surface area contributed by atoms with Crippen LogP contribution in [0.1, 0.15) is 33.6 Å². The quantitative estimate of drug-likeness (QED) is 0.771. The number of piperidine rings is 1. The molecular weight excluding hydrogens is 268 g/mol. The van der Waals surface area contributed by atoms with Gasteiger partial charge in [-0.15, -0.1) is 0 Å². The highest BCUT2D eigenvalue weighted by Gasteiger charge is 2.32. The smallest absolute Gasteiger partial charge is 0.153 e. The first-order chi connectivity index (χ1) is 8.17. The van der Waals surface area contributed by atoms with Crippen molar-refractivity contribution in [1.29, 1.82) is 0 Å². The van der Waals surface area contributed by atoms with Gasteiger partial charge in [0, 0.05) is 12.0 Å². The number of thiocarbonyl (C=S) groups is 1. The van der Waals surface area contributed by atoms with Crippen molar-refractivity contribution < 1.29 is 8.42 Å². The Morgan fingerprint density at radius 1 is 1.39 bits per heavy atom. The standard InChI is InChI=1S/C12H24N2O2S2/c1-10(2)18(15,16)9-8-14-6-4-12(3,5-7-14)11(13)17/h10H,4-9H2,1-3H3,(H2,13,17). The number of sulfone groups is 1. The van der Waals surface area contributed by atoms with Gasteiger partial charge in [-0.2, -0.15) is 0 Å². The Bertz CT molecular complexity index is 396. The molecule has 1 aliphatic rings. The van der Waals surface area contributed by atoms with Crippen LogP contribution in [0.4, 0.5) is 0 Å². The summed E-state index contributed by atoms with van der Waals surface area (Å²) in [5, 5.41) is -0.288. The Morgan fingerprint density at radius 2 is 1.89 bits per heavy atom. The van der Waals surface area contributed by atoms with Crippen LogP contribution < -0.4 is 5.73 Å². The topological polar surface area (TPSA) is 63.4 Å². The van der Waals surface area contributed by atoms with Gasteiger partial charge in [0.1, 0.15) is 0 Å². The SMILES string of the molecule is CC(C)S(=O)(=O)CCN1CCC(C)(C(N)=S)CC1. The van der Waals surface area contributed by atoms with Crippen LogP contribution in [-0.4, -0.2) is 48.9 Å². The molecule has 0 spiro atoms. The molecule has 0 atom stereocenters. The van der Waals surface area contributed by atoms with Crippen LogP contribution in [0.5, 0.6) is 0 Å². The van der Waals surface area contributed by atoms with Gasteiger partial charge in [-0.1, -0.05) is 19.1 Å². The fourth-order valence-corrected chi connectivity index (χ4v) is 3.20. The average molecular weight is 292 g/mol. The maximum atomic E-state index is 11.7. The molecule has 1 aliphatic heterocycles. The molecule has 0 aliphatic carbocycles. The van der Waals surface area contributed by atoms with Gasteiger partial charge < -0.3 is 10.6 Å². The van der Waals surface area contributed by atoms with Crippen LogP contribution in [0.3, 0.4) is 0 Å². The van der Waals surface area contributed by atoms with Crippen molar-refractivity contribution in [3.05, 3.63) is 0 Å². The van der Waals surface area contributed by atoms with Crippen LogP contribution in [0.25, 0.3) is 0 Å². The van der Waals surface area contributed by atoms with Crippen LogP contribution in [-0.2, 0) is 9.84 Å². The van der Waals surface area contributed by atoms with Gasteiger partial charge in [-0.25, -0.2) is 8.42 Å². The zero-order valence-corrected chi connectivity index (χ0v) is 13.1. The van der Waals surface area contributed by atoms with Crippen molar-refractivity contribution in [2.24, 2.45) is 11.1 Å². The third-order valence-electron chi connectivity index (χ3n) is 3.96. The molecule has 0 saturated carbocycles. The highest BCUT2D eigenvalue weighted by atomic mass is 32.2. The molecule has 4 nitrogen and oxygen atoms in total. The van der Waals surface area contributed by atoms with Crippen LogP contribution >= 0.6 is 12.2 Å². The van der Waals surface area contributed by atoms with Crippen LogP contribution in [0, 0.1) is 5.41 Å². The summed E-state index contributed by atoms with van der Waals surface area (Å²) in [6.45, 7) is 7.93. The first kappa shape index (κ1) is 15.9. The highest BCUT2D eigenvalue weighted by molar-refractivity contribution is 7.92. The molecule has 0 unspecified atom stereocenters. The number of hydrogen-bond donors (Lipinski definition) is 1. The number of hydrogen-bond acceptors (Lipinski definition) is 4. The predicted octanol–water partition coefficient (Wildman–Crippen LogP) is 1.20. The molecule has 6 heteroatoms. The van der Waals surface area contributed by atoms with Crippen LogP contribution in [0.2, 0.25) is 0 Å². The molecule has 2 N–H and O–H groups in total. The number of nitrogens with two attached hydrogens (primary N) is 1. The lowest BCUT2D eigenvalue weighted by atomic mass is 9.80. The zero-order valence-electron chi connectivity index (χ0n) is 11.5. The molecule has 106 valence electrons. The van der Waals surface area contributed by atoms with Gasteiger partial charge in [0.2, 0.25) is 0 Å². The number of likely N-dealkylation sites (tertiary alicyclic amines) is 1. The average Bonchev–Trinajstić information content (AvgIpc) is 2.28. The van der Waals surface area contributed by atoms with Crippen molar-refractivity contribution in [3.63, 3.8) is 0 Å². The lowest BCUT2D eigenvalue weighted by Crippen LogP contribution is -2.46. The lowest BCUT2D eigenvalue weighted by molar-refractivity contribution is 0.172. The summed E-state index contributed by atoms with van der Waals surface area (Å²) in [6.07, 6.45) is 1.84. The number of rotatable bonds is 5. The first-order valence-electron chi connectivity index (χ1n) is 6.41. The van der Waals surface area contributed by atoms with E-state index in [0.29, 0.717) is 11.5 Å². The lowest BCUT2D eigenvalue weighted by Gasteiger charge is -2.38. The molecule has 0 amide bonds. The zero-order chi connectivity index (χ0) is 14.0. The summed E-state index contributed by atoms with van der Waals surface area (Å²) in [5.74, 6) is 0.244. The van der Waals surface area contributed by atoms with Crippen molar-refractivity contribution in [2.75, 3.05) is 25.4 Å². The van der Waals surface area contributed by atoms with Crippen molar-refractivity contribution >= 4 is 27.0 Å². The van der Waals surface area contributed by atoms with E-state index < -0.39 is 9.84 Å². The van der Waals surface area contributed by atoms with E-state index in [1.807, 2.05) is 0 Å². The first-order valence-corrected chi connectivity index (χ1v) is 8.53. The summed E-state index contributed by atoms with van der Waals surface area (Å²) in [7, 11) is -2.93. The second-order valence-electron chi connectivity index (χ2n) is 5.68. The van der Waals surface area contributed by atoms with E-state index in [1.165, 1.54) is 0 Å². The highest BCUT2D eigenvalue weighted by Crippen LogP contribution is 2.30. The van der Waals surface area contributed by atoms with Gasteiger partial charge in [0.05, 0.1) is 16.0 Å². The summed E-state index contributed by atoms with van der Waals surface area (Å²) in [5.41, 5.74) is 5.69. The van der Waals surface area contributed by atoms with E-state index in [-0.39, 0.29) is 16.4 Å². The Labute approximate surface area is 116 Å². The van der Waals surface area contributed by atoms with Gasteiger partial charge >= 0.3 is 0 Å².